The second-order valence-electron chi connectivity index (χ2n) is 4.88. The van der Waals surface area contributed by atoms with Gasteiger partial charge in [-0.3, -0.25) is 9.13 Å². The van der Waals surface area contributed by atoms with E-state index in [0.717, 1.165) is 0 Å². The summed E-state index contributed by atoms with van der Waals surface area (Å²) >= 11 is 0. The lowest BCUT2D eigenvalue weighted by Gasteiger charge is -2.15. The molecule has 2 aromatic heterocycles. The van der Waals surface area contributed by atoms with E-state index >= 15 is 0 Å². The van der Waals surface area contributed by atoms with E-state index in [9.17, 15) is 9.67 Å². The first-order valence-corrected chi connectivity index (χ1v) is 9.36. The second kappa shape index (κ2) is 9.02. The lowest BCUT2D eigenvalue weighted by atomic mass is 10.4. The summed E-state index contributed by atoms with van der Waals surface area (Å²) in [5, 5.41) is 9.45. The monoisotopic (exact) mass is 371 g/mol. The predicted octanol–water partition coefficient (Wildman–Crippen LogP) is 1.52. The fourth-order valence-electron chi connectivity index (χ4n) is 2.02. The molecule has 138 valence electrons. The summed E-state index contributed by atoms with van der Waals surface area (Å²) in [4.78, 5) is 12.1. The van der Waals surface area contributed by atoms with Crippen molar-refractivity contribution in [2.24, 2.45) is 0 Å². The summed E-state index contributed by atoms with van der Waals surface area (Å²) in [6.07, 6.45) is 3.60. The van der Waals surface area contributed by atoms with E-state index in [2.05, 4.69) is 15.0 Å². The van der Waals surface area contributed by atoms with Crippen molar-refractivity contribution in [3.8, 4) is 0 Å². The van der Waals surface area contributed by atoms with Crippen molar-refractivity contribution in [2.45, 2.75) is 26.7 Å². The molecule has 10 nitrogen and oxygen atoms in total. The molecule has 0 aromatic carbocycles. The number of rotatable bonds is 10. The number of aliphatic hydroxyl groups is 1. The molecule has 0 aliphatic rings. The highest BCUT2D eigenvalue weighted by molar-refractivity contribution is 7.57. The lowest BCUT2D eigenvalue weighted by Crippen LogP contribution is -2.17. The Morgan fingerprint density at radius 3 is 2.68 bits per heavy atom. The Bertz CT molecular complexity index is 755. The Morgan fingerprint density at radius 1 is 1.32 bits per heavy atom. The van der Waals surface area contributed by atoms with Gasteiger partial charge in [-0.05, 0) is 19.9 Å². The fourth-order valence-corrected chi connectivity index (χ4v) is 3.39. The molecular formula is C14H22N5O5P. The molecule has 1 unspecified atom stereocenters. The molecule has 0 saturated heterocycles. The van der Waals surface area contributed by atoms with Crippen LogP contribution in [0.3, 0.4) is 0 Å². The summed E-state index contributed by atoms with van der Waals surface area (Å²) in [6, 6.07) is 0. The number of ether oxygens (including phenoxy) is 1. The largest absolute Gasteiger partial charge is 0.393 e. The van der Waals surface area contributed by atoms with Crippen molar-refractivity contribution >= 4 is 24.6 Å². The number of aromatic nitrogens is 4. The van der Waals surface area contributed by atoms with E-state index in [1.807, 2.05) is 0 Å². The van der Waals surface area contributed by atoms with E-state index in [1.165, 1.54) is 24.5 Å². The smallest absolute Gasteiger partial charge is 0.353 e. The van der Waals surface area contributed by atoms with Crippen LogP contribution in [0.2, 0.25) is 0 Å². The van der Waals surface area contributed by atoms with Crippen LogP contribution in [0.15, 0.2) is 24.5 Å². The van der Waals surface area contributed by atoms with Gasteiger partial charge in [-0.2, -0.15) is 0 Å². The highest BCUT2D eigenvalue weighted by atomic mass is 31.2. The summed E-state index contributed by atoms with van der Waals surface area (Å²) in [7, 11) is -3.34. The molecule has 3 N–H and O–H groups in total. The van der Waals surface area contributed by atoms with Crippen molar-refractivity contribution in [1.29, 1.82) is 0 Å². The summed E-state index contributed by atoms with van der Waals surface area (Å²) in [5.41, 5.74) is 6.71. The number of hydrogen-bond donors (Lipinski definition) is 2. The molecule has 0 aliphatic carbocycles. The Labute approximate surface area is 145 Å². The highest BCUT2D eigenvalue weighted by Gasteiger charge is 2.20. The van der Waals surface area contributed by atoms with Gasteiger partial charge in [-0.25, -0.2) is 15.0 Å². The van der Waals surface area contributed by atoms with Gasteiger partial charge >= 0.3 is 7.60 Å². The topological polar surface area (TPSA) is 135 Å². The molecule has 0 fully saturated rings. The van der Waals surface area contributed by atoms with Gasteiger partial charge in [0.25, 0.3) is 0 Å². The molecule has 0 saturated carbocycles. The molecular weight excluding hydrogens is 349 g/mol. The molecule has 2 heterocycles. The number of nitrogens with two attached hydrogens (primary N) is 1. The first kappa shape index (κ1) is 19.5. The van der Waals surface area contributed by atoms with Crippen LogP contribution in [0.1, 0.15) is 13.8 Å². The third kappa shape index (κ3) is 5.07. The molecule has 11 heteroatoms. The van der Waals surface area contributed by atoms with Crippen LogP contribution >= 0.6 is 7.60 Å². The number of nitrogen functional groups attached to an aromatic ring is 1. The Morgan fingerprint density at radius 2 is 2.04 bits per heavy atom. The second-order valence-corrected chi connectivity index (χ2v) is 6.77. The minimum atomic E-state index is -3.34. The summed E-state index contributed by atoms with van der Waals surface area (Å²) in [6.45, 7) is 3.69. The third-order valence-corrected chi connectivity index (χ3v) is 4.91. The van der Waals surface area contributed by atoms with Gasteiger partial charge in [0.05, 0.1) is 26.1 Å². The molecule has 0 aliphatic heterocycles. The maximum atomic E-state index is 12.4. The zero-order valence-electron chi connectivity index (χ0n) is 14.1. The van der Waals surface area contributed by atoms with Crippen LogP contribution in [0.4, 0.5) is 5.82 Å². The maximum Gasteiger partial charge on any atom is 0.353 e. The van der Waals surface area contributed by atoms with E-state index < -0.39 is 13.7 Å². The third-order valence-electron chi connectivity index (χ3n) is 3.14. The van der Waals surface area contributed by atoms with E-state index in [1.54, 1.807) is 18.4 Å². The highest BCUT2D eigenvalue weighted by Crippen LogP contribution is 2.49. The summed E-state index contributed by atoms with van der Waals surface area (Å²) in [5.74, 6) is 1.57. The SMILES string of the molecule is CCOP(=O)(/C=C/C(CO)OCn1cnc2c(N)ncnc21)OCC. The zero-order chi connectivity index (χ0) is 18.3. The van der Waals surface area contributed by atoms with Gasteiger partial charge in [-0.15, -0.1) is 0 Å². The summed E-state index contributed by atoms with van der Waals surface area (Å²) < 4.78 is 29.9. The van der Waals surface area contributed by atoms with Gasteiger partial charge < -0.3 is 24.6 Å². The molecule has 2 rings (SSSR count). The van der Waals surface area contributed by atoms with Crippen LogP contribution in [0.25, 0.3) is 11.2 Å². The van der Waals surface area contributed by atoms with Crippen molar-refractivity contribution in [2.75, 3.05) is 25.6 Å². The average molecular weight is 371 g/mol. The van der Waals surface area contributed by atoms with Crippen molar-refractivity contribution in [1.82, 2.24) is 19.5 Å². The minimum Gasteiger partial charge on any atom is -0.393 e. The Hall–Kier alpha value is -1.84. The van der Waals surface area contributed by atoms with Crippen molar-refractivity contribution in [3.05, 3.63) is 24.5 Å². The van der Waals surface area contributed by atoms with Gasteiger partial charge in [0.15, 0.2) is 11.5 Å². The van der Waals surface area contributed by atoms with Crippen LogP contribution in [0, 0.1) is 0 Å². The average Bonchev–Trinajstić information content (AvgIpc) is 3.00. The molecule has 25 heavy (non-hydrogen) atoms. The van der Waals surface area contributed by atoms with Crippen LogP contribution in [-0.4, -0.2) is 50.6 Å². The lowest BCUT2D eigenvalue weighted by molar-refractivity contribution is 0.00464. The number of hydrogen-bond acceptors (Lipinski definition) is 9. The molecule has 1 atom stereocenters. The normalized spacial score (nSPS) is 13.7. The quantitative estimate of drug-likeness (QED) is 0.596. The van der Waals surface area contributed by atoms with Crippen LogP contribution in [-0.2, 0) is 25.1 Å². The van der Waals surface area contributed by atoms with Gasteiger partial charge in [0, 0.05) is 5.82 Å². The Balaban J connectivity index is 2.05. The van der Waals surface area contributed by atoms with Gasteiger partial charge in [0.1, 0.15) is 24.7 Å². The molecule has 0 bridgehead atoms. The van der Waals surface area contributed by atoms with Gasteiger partial charge in [-0.1, -0.05) is 0 Å². The first-order chi connectivity index (χ1) is 12.0. The number of aliphatic hydroxyl groups excluding tert-OH is 1. The predicted molar refractivity (Wildman–Crippen MR) is 91.7 cm³/mol. The number of imidazole rings is 1. The first-order valence-electron chi connectivity index (χ1n) is 7.75. The minimum absolute atomic E-state index is 0.0656. The molecule has 0 spiro atoms. The molecule has 0 amide bonds. The van der Waals surface area contributed by atoms with Crippen molar-refractivity contribution < 1.29 is 23.5 Å². The number of nitrogens with zero attached hydrogens (tertiary/aromatic N) is 4. The van der Waals surface area contributed by atoms with Crippen molar-refractivity contribution in [3.63, 3.8) is 0 Å². The van der Waals surface area contributed by atoms with Crippen LogP contribution in [0.5, 0.6) is 0 Å². The Kier molecular flexibility index (Phi) is 7.03. The standard InChI is InChI=1S/C14H22N5O5P/c1-3-23-25(21,24-4-2)6-5-11(7-20)22-10-19-9-18-12-13(15)16-8-17-14(12)19/h5-6,8-9,11,20H,3-4,7,10H2,1-2H3,(H2,15,16,17)/b6-5+. The molecule has 0 radical (unpaired) electrons. The maximum absolute atomic E-state index is 12.4. The number of fused-ring (bicyclic) bond motifs is 1. The van der Waals surface area contributed by atoms with E-state index in [0.29, 0.717) is 11.2 Å². The van der Waals surface area contributed by atoms with Crippen LogP contribution < -0.4 is 5.73 Å². The van der Waals surface area contributed by atoms with E-state index in [-0.39, 0.29) is 32.4 Å². The van der Waals surface area contributed by atoms with E-state index in [4.69, 9.17) is 19.5 Å². The molecule has 2 aromatic rings. The zero-order valence-corrected chi connectivity index (χ0v) is 15.0. The number of anilines is 1. The van der Waals surface area contributed by atoms with Gasteiger partial charge in [0.2, 0.25) is 0 Å². The fraction of sp³-hybridized carbons (Fsp3) is 0.500.